The number of sulfonamides is 2. The van der Waals surface area contributed by atoms with Gasteiger partial charge in [0.1, 0.15) is 21.3 Å². The van der Waals surface area contributed by atoms with Gasteiger partial charge in [0.05, 0.1) is 56.7 Å². The van der Waals surface area contributed by atoms with Gasteiger partial charge in [0.2, 0.25) is 20.0 Å². The van der Waals surface area contributed by atoms with Crippen LogP contribution >= 0.6 is 0 Å². The van der Waals surface area contributed by atoms with Crippen LogP contribution in [0.3, 0.4) is 0 Å². The Hall–Kier alpha value is -6.52. The fourth-order valence-corrected chi connectivity index (χ4v) is 12.4. The summed E-state index contributed by atoms with van der Waals surface area (Å²) in [5, 5.41) is 11.9. The van der Waals surface area contributed by atoms with Gasteiger partial charge < -0.3 is 19.3 Å². The molecule has 342 valence electrons. The molecule has 2 unspecified atom stereocenters. The van der Waals surface area contributed by atoms with Gasteiger partial charge in [0.15, 0.2) is 0 Å². The highest BCUT2D eigenvalue weighted by atomic mass is 32.2. The van der Waals surface area contributed by atoms with E-state index >= 15 is 0 Å². The second-order valence-electron chi connectivity index (χ2n) is 16.5. The van der Waals surface area contributed by atoms with E-state index in [-0.39, 0.29) is 54.5 Å². The Kier molecular flexibility index (Phi) is 13.7. The Bertz CT molecular complexity index is 3220. The molecule has 0 radical (unpaired) electrons. The smallest absolute Gasteiger partial charge is 0.245 e. The van der Waals surface area contributed by atoms with E-state index in [9.17, 15) is 21.9 Å². The molecule has 67 heavy (non-hydrogen) atoms. The van der Waals surface area contributed by atoms with Crippen molar-refractivity contribution in [1.29, 1.82) is 0 Å². The zero-order chi connectivity index (χ0) is 46.4. The zero-order valence-corrected chi connectivity index (χ0v) is 38.5. The van der Waals surface area contributed by atoms with Crippen LogP contribution in [0.4, 0.5) is 0 Å². The molecule has 2 atom stereocenters. The Morgan fingerprint density at radius 3 is 1.51 bits per heavy atom. The maximum Gasteiger partial charge on any atom is 0.245 e. The number of hydrogen-bond acceptors (Lipinski definition) is 10. The molecule has 0 saturated heterocycles. The number of benzene rings is 6. The fraction of sp³-hybridized carbons (Fsp3) is 0.208. The van der Waals surface area contributed by atoms with E-state index in [4.69, 9.17) is 14.2 Å². The molecule has 6 aromatic carbocycles. The van der Waals surface area contributed by atoms with Crippen LogP contribution in [0.2, 0.25) is 0 Å². The second-order valence-corrected chi connectivity index (χ2v) is 20.2. The van der Waals surface area contributed by atoms with E-state index < -0.39 is 26.1 Å². The summed E-state index contributed by atoms with van der Waals surface area (Å²) in [4.78, 5) is 9.15. The molecule has 2 aromatic heterocycles. The predicted molar refractivity (Wildman–Crippen MR) is 257 cm³/mol. The normalized spacial score (nSPS) is 17.1. The number of rotatable bonds is 9. The highest BCUT2D eigenvalue weighted by Crippen LogP contribution is 2.35. The third-order valence-electron chi connectivity index (χ3n) is 12.3. The molecule has 0 aliphatic carbocycles. The number of aromatic hydroxyl groups is 1. The fourth-order valence-electron chi connectivity index (χ4n) is 8.88. The molecule has 4 heterocycles. The van der Waals surface area contributed by atoms with E-state index in [1.165, 1.54) is 4.31 Å². The van der Waals surface area contributed by atoms with Crippen molar-refractivity contribution >= 4 is 41.9 Å². The van der Waals surface area contributed by atoms with Gasteiger partial charge in [0, 0.05) is 47.4 Å². The molecule has 10 rings (SSSR count). The molecule has 8 aromatic rings. The van der Waals surface area contributed by atoms with Gasteiger partial charge in [-0.1, -0.05) is 121 Å². The van der Waals surface area contributed by atoms with Crippen LogP contribution in [0.25, 0.3) is 21.8 Å². The lowest BCUT2D eigenvalue weighted by Gasteiger charge is -2.34. The number of fused-ring (bicyclic) bond motifs is 4. The SMILES string of the molecule is COc1cccc2c1COCC(Cc1ccccc1)N(S(=O)(=O)c1cccc3cccnc13)C2.O=S(=O)(c1cccc2cccnc12)N1Cc2cccc(O)c2COCC1Cc1ccccc1. The zero-order valence-electron chi connectivity index (χ0n) is 36.9. The maximum absolute atomic E-state index is 14.2. The van der Waals surface area contributed by atoms with Gasteiger partial charge in [-0.15, -0.1) is 0 Å². The van der Waals surface area contributed by atoms with Crippen LogP contribution in [-0.4, -0.2) is 72.9 Å². The molecular weight excluding hydrogens is 885 g/mol. The quantitative estimate of drug-likeness (QED) is 0.149. The van der Waals surface area contributed by atoms with Crippen molar-refractivity contribution in [2.24, 2.45) is 0 Å². The molecule has 12 nitrogen and oxygen atoms in total. The van der Waals surface area contributed by atoms with Crippen molar-refractivity contribution in [3.63, 3.8) is 0 Å². The standard InChI is InChI=1S/C27H26N2O4S.C26H24N2O4S/c1-32-25-13-5-11-22-17-29(23(18-33-19-24(22)25)16-20-8-3-2-4-9-20)34(30,31)26-14-6-10-21-12-7-15-28-27(21)26;29-24-12-4-10-21-16-28(22(17-32-18-23(21)24)15-19-7-2-1-3-8-19)33(30,31)25-13-5-9-20-11-6-14-27-26(20)25/h2-15,23H,16-19H2,1H3;1-14,22,29H,15-18H2. The van der Waals surface area contributed by atoms with E-state index in [0.29, 0.717) is 41.8 Å². The average molecular weight is 935 g/mol. The first-order chi connectivity index (χ1) is 32.6. The molecule has 2 aliphatic rings. The minimum absolute atomic E-state index is 0.109. The molecule has 14 heteroatoms. The van der Waals surface area contributed by atoms with Gasteiger partial charge in [-0.05, 0) is 71.5 Å². The molecule has 0 amide bonds. The summed E-state index contributed by atoms with van der Waals surface area (Å²) in [7, 11) is -6.24. The van der Waals surface area contributed by atoms with Crippen LogP contribution in [0.5, 0.6) is 11.5 Å². The topological polar surface area (TPSA) is 148 Å². The lowest BCUT2D eigenvalue weighted by molar-refractivity contribution is 0.0660. The first-order valence-corrected chi connectivity index (χ1v) is 24.9. The maximum atomic E-state index is 14.2. The van der Waals surface area contributed by atoms with E-state index in [2.05, 4.69) is 9.97 Å². The average Bonchev–Trinajstić information content (AvgIpc) is 3.34. The van der Waals surface area contributed by atoms with Gasteiger partial charge in [-0.25, -0.2) is 16.8 Å². The monoisotopic (exact) mass is 934 g/mol. The number of phenols is 1. The molecule has 0 bridgehead atoms. The number of nitrogens with zero attached hydrogens (tertiary/aromatic N) is 4. The minimum Gasteiger partial charge on any atom is -0.508 e. The van der Waals surface area contributed by atoms with Crippen molar-refractivity contribution in [3.8, 4) is 11.5 Å². The van der Waals surface area contributed by atoms with Crippen LogP contribution < -0.4 is 4.74 Å². The lowest BCUT2D eigenvalue weighted by Crippen LogP contribution is -2.45. The Labute approximate surface area is 391 Å². The van der Waals surface area contributed by atoms with E-state index in [1.54, 1.807) is 66.3 Å². The number of para-hydroxylation sites is 2. The number of phenolic OH excluding ortho intramolecular Hbond substituents is 1. The third kappa shape index (κ3) is 9.82. The van der Waals surface area contributed by atoms with Crippen molar-refractivity contribution in [3.05, 3.63) is 203 Å². The molecule has 1 N–H and O–H groups in total. The number of pyridine rings is 2. The first kappa shape index (κ1) is 45.6. The number of ether oxygens (including phenoxy) is 3. The summed E-state index contributed by atoms with van der Waals surface area (Å²) in [6.07, 6.45) is 4.27. The van der Waals surface area contributed by atoms with Crippen molar-refractivity contribution in [2.75, 3.05) is 20.3 Å². The summed E-state index contributed by atoms with van der Waals surface area (Å²) in [6.45, 7) is 1.43. The van der Waals surface area contributed by atoms with Crippen LogP contribution in [-0.2, 0) is 68.7 Å². The molecule has 0 spiro atoms. The van der Waals surface area contributed by atoms with Gasteiger partial charge in [-0.3, -0.25) is 9.97 Å². The van der Waals surface area contributed by atoms with Gasteiger partial charge >= 0.3 is 0 Å². The lowest BCUT2D eigenvalue weighted by atomic mass is 10.0. The summed E-state index contributed by atoms with van der Waals surface area (Å²) >= 11 is 0. The Morgan fingerprint density at radius 1 is 0.552 bits per heavy atom. The molecule has 2 aliphatic heterocycles. The van der Waals surface area contributed by atoms with Gasteiger partial charge in [-0.2, -0.15) is 8.61 Å². The number of methoxy groups -OCH3 is 1. The number of hydrogen-bond donors (Lipinski definition) is 1. The van der Waals surface area contributed by atoms with Crippen LogP contribution in [0.1, 0.15) is 33.4 Å². The summed E-state index contributed by atoms with van der Waals surface area (Å²) in [6, 6.07) is 47.6. The number of aromatic nitrogens is 2. The highest BCUT2D eigenvalue weighted by molar-refractivity contribution is 7.89. The molecule has 0 saturated carbocycles. The van der Waals surface area contributed by atoms with Crippen LogP contribution in [0, 0.1) is 0 Å². The Morgan fingerprint density at radius 2 is 1.00 bits per heavy atom. The van der Waals surface area contributed by atoms with Crippen LogP contribution in [0.15, 0.2) is 180 Å². The van der Waals surface area contributed by atoms with Crippen molar-refractivity contribution in [1.82, 2.24) is 18.6 Å². The van der Waals surface area contributed by atoms with Crippen molar-refractivity contribution in [2.45, 2.75) is 61.0 Å². The summed E-state index contributed by atoms with van der Waals surface area (Å²) in [5.74, 6) is 0.807. The predicted octanol–water partition coefficient (Wildman–Crippen LogP) is 8.85. The van der Waals surface area contributed by atoms with E-state index in [1.807, 2.05) is 115 Å². The molecular formula is C53H50N4O8S2. The third-order valence-corrected chi connectivity index (χ3v) is 16.1. The highest BCUT2D eigenvalue weighted by Gasteiger charge is 2.37. The molecule has 0 fully saturated rings. The first-order valence-electron chi connectivity index (χ1n) is 22.0. The summed E-state index contributed by atoms with van der Waals surface area (Å²) < 4.78 is 77.3. The van der Waals surface area contributed by atoms with E-state index in [0.717, 1.165) is 38.6 Å². The largest absolute Gasteiger partial charge is 0.508 e. The minimum atomic E-state index is -3.94. The second kappa shape index (κ2) is 20.1. The summed E-state index contributed by atoms with van der Waals surface area (Å²) in [5.41, 5.74) is 6.08. The van der Waals surface area contributed by atoms with Crippen molar-refractivity contribution < 1.29 is 36.2 Å². The Balaban J connectivity index is 0.000000168. The van der Waals surface area contributed by atoms with Gasteiger partial charge in [0.25, 0.3) is 0 Å².